The molecule has 0 spiro atoms. The zero-order valence-electron chi connectivity index (χ0n) is 9.32. The zero-order valence-corrected chi connectivity index (χ0v) is 9.32. The van der Waals surface area contributed by atoms with E-state index in [1.165, 1.54) is 6.92 Å². The average molecular weight is 230 g/mol. The van der Waals surface area contributed by atoms with Crippen LogP contribution in [0, 0.1) is 11.6 Å². The number of halogens is 2. The summed E-state index contributed by atoms with van der Waals surface area (Å²) in [5.41, 5.74) is 0.222. The van der Waals surface area contributed by atoms with E-state index in [-0.39, 0.29) is 17.9 Å². The second-order valence-electron chi connectivity index (χ2n) is 4.11. The van der Waals surface area contributed by atoms with Crippen LogP contribution >= 0.6 is 0 Å². The van der Waals surface area contributed by atoms with E-state index in [2.05, 4.69) is 0 Å². The Balaban J connectivity index is 2.80. The maximum absolute atomic E-state index is 13.4. The number of benzene rings is 1. The van der Waals surface area contributed by atoms with Crippen molar-refractivity contribution in [3.8, 4) is 0 Å². The first-order chi connectivity index (χ1) is 7.41. The molecule has 0 aliphatic rings. The van der Waals surface area contributed by atoms with Gasteiger partial charge in [-0.15, -0.1) is 0 Å². The molecule has 0 saturated carbocycles. The van der Waals surface area contributed by atoms with Crippen molar-refractivity contribution in [2.75, 3.05) is 0 Å². The molecule has 1 aromatic rings. The van der Waals surface area contributed by atoms with Gasteiger partial charge in [0.1, 0.15) is 11.6 Å². The van der Waals surface area contributed by atoms with Crippen molar-refractivity contribution in [2.24, 2.45) is 0 Å². The highest BCUT2D eigenvalue weighted by Crippen LogP contribution is 2.25. The minimum atomic E-state index is -0.933. The monoisotopic (exact) mass is 230 g/mol. The lowest BCUT2D eigenvalue weighted by Gasteiger charge is -2.19. The third kappa shape index (κ3) is 3.25. The summed E-state index contributed by atoms with van der Waals surface area (Å²) < 4.78 is 26.3. The van der Waals surface area contributed by atoms with Gasteiger partial charge in [0.05, 0.1) is 12.2 Å². The highest BCUT2D eigenvalue weighted by atomic mass is 19.1. The maximum atomic E-state index is 13.4. The van der Waals surface area contributed by atoms with Crippen LogP contribution < -0.4 is 0 Å². The van der Waals surface area contributed by atoms with Gasteiger partial charge in [0.2, 0.25) is 0 Å². The summed E-state index contributed by atoms with van der Waals surface area (Å²) in [6.07, 6.45) is -1.62. The van der Waals surface area contributed by atoms with Crippen LogP contribution in [0.2, 0.25) is 0 Å². The van der Waals surface area contributed by atoms with Gasteiger partial charge in [-0.1, -0.05) is 6.92 Å². The lowest BCUT2D eigenvalue weighted by atomic mass is 9.93. The Morgan fingerprint density at radius 1 is 1.19 bits per heavy atom. The number of hydrogen-bond acceptors (Lipinski definition) is 2. The van der Waals surface area contributed by atoms with Gasteiger partial charge >= 0.3 is 0 Å². The lowest BCUT2D eigenvalue weighted by Crippen LogP contribution is -2.24. The predicted octanol–water partition coefficient (Wildman–Crippen LogP) is 2.20. The van der Waals surface area contributed by atoms with Crippen LogP contribution in [0.15, 0.2) is 18.2 Å². The van der Waals surface area contributed by atoms with Crippen molar-refractivity contribution in [1.29, 1.82) is 0 Å². The van der Waals surface area contributed by atoms with Crippen LogP contribution in [-0.2, 0) is 0 Å². The van der Waals surface area contributed by atoms with Gasteiger partial charge in [0.25, 0.3) is 0 Å². The summed E-state index contributed by atoms with van der Waals surface area (Å²) in [6.45, 7) is 3.14. The summed E-state index contributed by atoms with van der Waals surface area (Å²) in [5, 5.41) is 18.6. The standard InChI is InChI=1S/C12H16F2O2/c1-7(5-12(16)8(2)15)10-6-9(13)3-4-11(10)14/h3-4,6-8,12,15-16H,5H2,1-2H3. The van der Waals surface area contributed by atoms with Gasteiger partial charge in [-0.05, 0) is 43.0 Å². The average Bonchev–Trinajstić information content (AvgIpc) is 2.21. The first-order valence-corrected chi connectivity index (χ1v) is 5.23. The van der Waals surface area contributed by atoms with E-state index in [0.29, 0.717) is 0 Å². The second-order valence-corrected chi connectivity index (χ2v) is 4.11. The topological polar surface area (TPSA) is 40.5 Å². The molecule has 1 aromatic carbocycles. The molecule has 0 aliphatic carbocycles. The Bertz CT molecular complexity index is 353. The molecule has 3 atom stereocenters. The Labute approximate surface area is 93.5 Å². The van der Waals surface area contributed by atoms with Crippen molar-refractivity contribution >= 4 is 0 Å². The largest absolute Gasteiger partial charge is 0.391 e. The predicted molar refractivity (Wildman–Crippen MR) is 57.1 cm³/mol. The van der Waals surface area contributed by atoms with Crippen molar-refractivity contribution in [2.45, 2.75) is 38.4 Å². The number of rotatable bonds is 4. The van der Waals surface area contributed by atoms with Crippen LogP contribution in [-0.4, -0.2) is 22.4 Å². The van der Waals surface area contributed by atoms with Crippen molar-refractivity contribution in [1.82, 2.24) is 0 Å². The van der Waals surface area contributed by atoms with Gasteiger partial charge in [-0.3, -0.25) is 0 Å². The molecule has 2 nitrogen and oxygen atoms in total. The van der Waals surface area contributed by atoms with E-state index in [9.17, 15) is 13.9 Å². The normalized spacial score (nSPS) is 16.9. The van der Waals surface area contributed by atoms with Crippen LogP contribution in [0.3, 0.4) is 0 Å². The number of aliphatic hydroxyl groups is 2. The quantitative estimate of drug-likeness (QED) is 0.832. The van der Waals surface area contributed by atoms with Gasteiger partial charge in [-0.2, -0.15) is 0 Å². The molecule has 2 N–H and O–H groups in total. The molecule has 0 fully saturated rings. The van der Waals surface area contributed by atoms with E-state index < -0.39 is 23.8 Å². The molecule has 90 valence electrons. The molecule has 0 aromatic heterocycles. The highest BCUT2D eigenvalue weighted by Gasteiger charge is 2.19. The fraction of sp³-hybridized carbons (Fsp3) is 0.500. The molecule has 0 radical (unpaired) electrons. The fourth-order valence-corrected chi connectivity index (χ4v) is 1.58. The van der Waals surface area contributed by atoms with E-state index in [1.807, 2.05) is 0 Å². The zero-order chi connectivity index (χ0) is 12.3. The number of hydrogen-bond donors (Lipinski definition) is 2. The van der Waals surface area contributed by atoms with E-state index in [1.54, 1.807) is 6.92 Å². The van der Waals surface area contributed by atoms with Crippen molar-refractivity contribution in [3.63, 3.8) is 0 Å². The molecule has 0 saturated heterocycles. The molecule has 0 heterocycles. The molecule has 16 heavy (non-hydrogen) atoms. The Hall–Kier alpha value is -1.00. The molecule has 0 aliphatic heterocycles. The molecule has 1 rings (SSSR count). The van der Waals surface area contributed by atoms with Gasteiger partial charge in [-0.25, -0.2) is 8.78 Å². The van der Waals surface area contributed by atoms with Gasteiger partial charge < -0.3 is 10.2 Å². The van der Waals surface area contributed by atoms with Crippen LogP contribution in [0.5, 0.6) is 0 Å². The minimum Gasteiger partial charge on any atom is -0.391 e. The molecule has 0 amide bonds. The Morgan fingerprint density at radius 3 is 2.38 bits per heavy atom. The second kappa shape index (κ2) is 5.37. The van der Waals surface area contributed by atoms with Crippen LogP contribution in [0.25, 0.3) is 0 Å². The summed E-state index contributed by atoms with van der Waals surface area (Å²) >= 11 is 0. The Morgan fingerprint density at radius 2 is 1.81 bits per heavy atom. The third-order valence-electron chi connectivity index (χ3n) is 2.64. The van der Waals surface area contributed by atoms with Crippen molar-refractivity contribution in [3.05, 3.63) is 35.4 Å². The maximum Gasteiger partial charge on any atom is 0.126 e. The minimum absolute atomic E-state index is 0.192. The lowest BCUT2D eigenvalue weighted by molar-refractivity contribution is 0.0225. The molecular formula is C12H16F2O2. The fourth-order valence-electron chi connectivity index (χ4n) is 1.58. The number of aliphatic hydroxyl groups excluding tert-OH is 2. The smallest absolute Gasteiger partial charge is 0.126 e. The molecule has 3 unspecified atom stereocenters. The summed E-state index contributed by atoms with van der Waals surface area (Å²) in [5.74, 6) is -1.35. The summed E-state index contributed by atoms with van der Waals surface area (Å²) in [4.78, 5) is 0. The molecular weight excluding hydrogens is 214 g/mol. The summed E-state index contributed by atoms with van der Waals surface area (Å²) in [7, 11) is 0. The molecule has 4 heteroatoms. The first-order valence-electron chi connectivity index (χ1n) is 5.23. The van der Waals surface area contributed by atoms with Crippen LogP contribution in [0.1, 0.15) is 31.7 Å². The van der Waals surface area contributed by atoms with Gasteiger partial charge in [0, 0.05) is 0 Å². The van der Waals surface area contributed by atoms with Crippen LogP contribution in [0.4, 0.5) is 8.78 Å². The molecule has 0 bridgehead atoms. The van der Waals surface area contributed by atoms with E-state index >= 15 is 0 Å². The first kappa shape index (κ1) is 13.1. The van der Waals surface area contributed by atoms with Crippen molar-refractivity contribution < 1.29 is 19.0 Å². The van der Waals surface area contributed by atoms with E-state index in [0.717, 1.165) is 18.2 Å². The van der Waals surface area contributed by atoms with Gasteiger partial charge in [0.15, 0.2) is 0 Å². The van der Waals surface area contributed by atoms with E-state index in [4.69, 9.17) is 5.11 Å². The third-order valence-corrected chi connectivity index (χ3v) is 2.64. The highest BCUT2D eigenvalue weighted by molar-refractivity contribution is 5.22. The Kier molecular flexibility index (Phi) is 4.38. The SMILES string of the molecule is CC(CC(O)C(C)O)c1cc(F)ccc1F. The summed E-state index contributed by atoms with van der Waals surface area (Å²) in [6, 6.07) is 3.24.